The van der Waals surface area contributed by atoms with Gasteiger partial charge in [-0.05, 0) is 37.3 Å². The van der Waals surface area contributed by atoms with Gasteiger partial charge in [0.05, 0.1) is 12.5 Å². The van der Waals surface area contributed by atoms with Crippen molar-refractivity contribution in [3.8, 4) is 0 Å². The van der Waals surface area contributed by atoms with Gasteiger partial charge in [0.1, 0.15) is 30.2 Å². The van der Waals surface area contributed by atoms with E-state index < -0.39 is 84.1 Å². The van der Waals surface area contributed by atoms with Gasteiger partial charge in [-0.2, -0.15) is 0 Å². The smallest absolute Gasteiger partial charge is 0.326 e. The topological polar surface area (TPSA) is 289 Å². The molecule has 2 aromatic rings. The summed E-state index contributed by atoms with van der Waals surface area (Å²) in [5.74, 6) is -5.61. The highest BCUT2D eigenvalue weighted by Crippen LogP contribution is 2.14. The van der Waals surface area contributed by atoms with Crippen LogP contribution in [-0.4, -0.2) is 93.8 Å². The van der Waals surface area contributed by atoms with Crippen molar-refractivity contribution in [1.29, 1.82) is 0 Å². The number of unbranched alkanes of at least 4 members (excludes halogenated alkanes) is 12. The number of carboxylic acid groups (broad SMARTS) is 1. The van der Waals surface area contributed by atoms with Crippen molar-refractivity contribution in [2.24, 2.45) is 11.5 Å². The summed E-state index contributed by atoms with van der Waals surface area (Å²) in [5, 5.41) is 32.9. The second-order valence-corrected chi connectivity index (χ2v) is 16.8. The number of aliphatic carboxylic acids is 1. The van der Waals surface area contributed by atoms with Crippen molar-refractivity contribution in [2.75, 3.05) is 0 Å². The molecule has 0 aliphatic heterocycles. The van der Waals surface area contributed by atoms with Gasteiger partial charge in [-0.3, -0.25) is 33.6 Å². The first kappa shape index (κ1) is 55.3. The van der Waals surface area contributed by atoms with Gasteiger partial charge >= 0.3 is 5.97 Å². The Morgan fingerprint density at radius 1 is 0.523 bits per heavy atom. The zero-order valence-corrected chi connectivity index (χ0v) is 38.2. The summed E-state index contributed by atoms with van der Waals surface area (Å²) in [4.78, 5) is 100. The lowest BCUT2D eigenvalue weighted by molar-refractivity contribution is -0.142. The molecule has 0 radical (unpaired) electrons. The van der Waals surface area contributed by atoms with E-state index in [1.807, 2.05) is 37.3 Å². The Balaban J connectivity index is 1.61. The third kappa shape index (κ3) is 24.1. The van der Waals surface area contributed by atoms with Crippen molar-refractivity contribution >= 4 is 47.3 Å². The molecule has 0 aliphatic carbocycles. The summed E-state index contributed by atoms with van der Waals surface area (Å²) in [6, 6.07) is 12.1. The number of aliphatic hydroxyl groups excluding tert-OH is 1. The largest absolute Gasteiger partial charge is 0.480 e. The van der Waals surface area contributed by atoms with Crippen LogP contribution >= 0.6 is 0 Å². The third-order valence-corrected chi connectivity index (χ3v) is 11.0. The molecule has 0 saturated heterocycles. The molecule has 0 fully saturated rings. The highest BCUT2D eigenvalue weighted by atomic mass is 16.4. The molecule has 0 aromatic heterocycles. The molecule has 11 N–H and O–H groups in total. The van der Waals surface area contributed by atoms with Gasteiger partial charge in [0, 0.05) is 25.7 Å². The van der Waals surface area contributed by atoms with Crippen LogP contribution in [0.2, 0.25) is 0 Å². The molecule has 0 spiro atoms. The first-order valence-electron chi connectivity index (χ1n) is 23.2. The molecule has 2 aromatic carbocycles. The molecule has 7 amide bonds. The van der Waals surface area contributed by atoms with E-state index in [4.69, 9.17) is 11.5 Å². The normalized spacial score (nSPS) is 13.8. The van der Waals surface area contributed by atoms with Crippen LogP contribution in [0.3, 0.4) is 0 Å². The number of primary amides is 2. The van der Waals surface area contributed by atoms with Crippen LogP contribution in [0.4, 0.5) is 0 Å². The Morgan fingerprint density at radius 3 is 1.37 bits per heavy atom. The van der Waals surface area contributed by atoms with E-state index in [0.717, 1.165) is 76.2 Å². The van der Waals surface area contributed by atoms with Crippen LogP contribution < -0.4 is 38.1 Å². The summed E-state index contributed by atoms with van der Waals surface area (Å²) < 4.78 is 0. The zero-order valence-electron chi connectivity index (χ0n) is 38.2. The quantitative estimate of drug-likeness (QED) is 0.0455. The van der Waals surface area contributed by atoms with E-state index in [1.165, 1.54) is 6.92 Å². The van der Waals surface area contributed by atoms with Crippen LogP contribution in [0.15, 0.2) is 60.7 Å². The first-order valence-corrected chi connectivity index (χ1v) is 23.2. The Morgan fingerprint density at radius 2 is 0.938 bits per heavy atom. The SMILES string of the molecule is CCCC[C@H](NC(=O)[C@@H](NC(=O)CCCCCCCCCCCCCCC(=O)N[C@@H](CC(N)=O)C(=O)N[C@@H](Cc1ccccc1)C(=O)O)[C@H](C)O)C(=O)N[C@@H](Cc1ccccc1)C(N)=O. The van der Waals surface area contributed by atoms with Crippen LogP contribution in [0.1, 0.15) is 141 Å². The van der Waals surface area contributed by atoms with Crippen molar-refractivity contribution in [3.05, 3.63) is 71.8 Å². The van der Waals surface area contributed by atoms with Crippen LogP contribution in [0, 0.1) is 0 Å². The number of aliphatic hydroxyl groups is 1. The minimum atomic E-state index is -1.28. The number of carbonyl (C=O) groups is 8. The number of nitrogens with one attached hydrogen (secondary N) is 5. The average Bonchev–Trinajstić information content (AvgIpc) is 3.26. The minimum absolute atomic E-state index is 0.0347. The van der Waals surface area contributed by atoms with Crippen molar-refractivity contribution in [3.63, 3.8) is 0 Å². The molecule has 17 nitrogen and oxygen atoms in total. The van der Waals surface area contributed by atoms with Crippen LogP contribution in [-0.2, 0) is 51.2 Å². The number of rotatable bonds is 35. The van der Waals surface area contributed by atoms with Crippen LogP contribution in [0.25, 0.3) is 0 Å². The molecule has 360 valence electrons. The lowest BCUT2D eigenvalue weighted by Gasteiger charge is -2.26. The lowest BCUT2D eigenvalue weighted by atomic mass is 10.0. The van der Waals surface area contributed by atoms with E-state index in [2.05, 4.69) is 26.6 Å². The number of carboxylic acids is 1. The molecule has 2 rings (SSSR count). The third-order valence-electron chi connectivity index (χ3n) is 11.0. The second kappa shape index (κ2) is 31.9. The summed E-state index contributed by atoms with van der Waals surface area (Å²) >= 11 is 0. The number of nitrogens with two attached hydrogens (primary N) is 2. The highest BCUT2D eigenvalue weighted by Gasteiger charge is 2.31. The summed E-state index contributed by atoms with van der Waals surface area (Å²) in [7, 11) is 0. The van der Waals surface area contributed by atoms with E-state index in [1.54, 1.807) is 30.3 Å². The number of hydrogen-bond acceptors (Lipinski definition) is 9. The molecule has 17 heteroatoms. The standard InChI is InChI=1S/C48H73N7O10/c1-3-4-27-36(45(61)53-37(44(50)60)30-34-23-17-15-18-24-34)52-47(63)43(33(2)56)55-42(59)29-22-14-12-10-8-6-5-7-9-11-13-21-28-41(58)51-38(32-40(49)57)46(62)54-39(48(64)65)31-35-25-19-16-20-26-35/h15-20,23-26,33,36-39,43,56H,3-14,21-22,27-32H2,1-2H3,(H2,49,57)(H2,50,60)(H,51,58)(H,52,63)(H,53,61)(H,54,62)(H,55,59)(H,64,65)/t33-,36-,37-,38-,39-,43-/m0/s1. The molecular weight excluding hydrogens is 835 g/mol. The fourth-order valence-electron chi connectivity index (χ4n) is 7.27. The fraction of sp³-hybridized carbons (Fsp3) is 0.583. The molecule has 0 aliphatic rings. The van der Waals surface area contributed by atoms with E-state index >= 15 is 0 Å². The van der Waals surface area contributed by atoms with Gasteiger partial charge < -0.3 is 48.3 Å². The van der Waals surface area contributed by atoms with Gasteiger partial charge in [-0.25, -0.2) is 4.79 Å². The summed E-state index contributed by atoms with van der Waals surface area (Å²) in [6.45, 7) is 3.33. The molecule has 0 saturated carbocycles. The molecule has 0 bridgehead atoms. The van der Waals surface area contributed by atoms with Gasteiger partial charge in [0.2, 0.25) is 41.4 Å². The van der Waals surface area contributed by atoms with Gasteiger partial charge in [-0.1, -0.05) is 145 Å². The fourth-order valence-corrected chi connectivity index (χ4v) is 7.27. The summed E-state index contributed by atoms with van der Waals surface area (Å²) in [5.41, 5.74) is 12.4. The zero-order chi connectivity index (χ0) is 48.0. The average molecular weight is 908 g/mol. The Bertz CT molecular complexity index is 1780. The number of carbonyl (C=O) groups excluding carboxylic acids is 7. The number of hydrogen-bond donors (Lipinski definition) is 9. The molecule has 6 atom stereocenters. The van der Waals surface area contributed by atoms with Crippen molar-refractivity contribution in [1.82, 2.24) is 26.6 Å². The minimum Gasteiger partial charge on any atom is -0.480 e. The molecule has 0 heterocycles. The van der Waals surface area contributed by atoms with E-state index in [9.17, 15) is 48.6 Å². The van der Waals surface area contributed by atoms with Crippen molar-refractivity contribution < 1.29 is 48.6 Å². The second-order valence-electron chi connectivity index (χ2n) is 16.8. The van der Waals surface area contributed by atoms with Crippen LogP contribution in [0.5, 0.6) is 0 Å². The first-order chi connectivity index (χ1) is 31.1. The van der Waals surface area contributed by atoms with Gasteiger partial charge in [-0.15, -0.1) is 0 Å². The molecular formula is C48H73N7O10. The van der Waals surface area contributed by atoms with E-state index in [0.29, 0.717) is 31.2 Å². The van der Waals surface area contributed by atoms with Gasteiger partial charge in [0.15, 0.2) is 0 Å². The van der Waals surface area contributed by atoms with E-state index in [-0.39, 0.29) is 31.6 Å². The molecule has 0 unspecified atom stereocenters. The maximum absolute atomic E-state index is 13.3. The Kier molecular flexibility index (Phi) is 27.2. The number of benzene rings is 2. The maximum atomic E-state index is 13.3. The lowest BCUT2D eigenvalue weighted by Crippen LogP contribution is -2.58. The van der Waals surface area contributed by atoms with Gasteiger partial charge in [0.25, 0.3) is 0 Å². The predicted molar refractivity (Wildman–Crippen MR) is 246 cm³/mol. The monoisotopic (exact) mass is 908 g/mol. The summed E-state index contributed by atoms with van der Waals surface area (Å²) in [6.07, 6.45) is 11.6. The Labute approximate surface area is 383 Å². The Hall–Kier alpha value is -5.84. The maximum Gasteiger partial charge on any atom is 0.326 e. The predicted octanol–water partition coefficient (Wildman–Crippen LogP) is 3.37. The highest BCUT2D eigenvalue weighted by molar-refractivity contribution is 5.95. The number of amides is 7. The van der Waals surface area contributed by atoms with Crippen molar-refractivity contribution in [2.45, 2.75) is 179 Å². The molecule has 65 heavy (non-hydrogen) atoms.